The number of benzene rings is 2. The van der Waals surface area contributed by atoms with Gasteiger partial charge in [0.2, 0.25) is 0 Å². The van der Waals surface area contributed by atoms with Gasteiger partial charge in [-0.3, -0.25) is 4.79 Å². The van der Waals surface area contributed by atoms with E-state index >= 15 is 0 Å². The molecule has 104 valence electrons. The molecule has 0 unspecified atom stereocenters. The zero-order valence-corrected chi connectivity index (χ0v) is 11.6. The second kappa shape index (κ2) is 6.61. The fourth-order valence-electron chi connectivity index (χ4n) is 1.86. The molecule has 0 atom stereocenters. The molecule has 1 N–H and O–H groups in total. The Labute approximate surface area is 118 Å². The van der Waals surface area contributed by atoms with Gasteiger partial charge in [0.05, 0.1) is 0 Å². The normalized spacial score (nSPS) is 9.90. The lowest BCUT2D eigenvalue weighted by atomic mass is 10.2. The minimum atomic E-state index is 0.373. The first-order valence-electron chi connectivity index (χ1n) is 6.34. The van der Waals surface area contributed by atoms with Gasteiger partial charge in [-0.15, -0.1) is 0 Å². The molecule has 0 bridgehead atoms. The summed E-state index contributed by atoms with van der Waals surface area (Å²) in [4.78, 5) is 10.3. The highest BCUT2D eigenvalue weighted by Crippen LogP contribution is 2.22. The number of carbonyl (C=O) groups excluding carboxylic acids is 1. The topological polar surface area (TPSA) is 47.6 Å². The van der Waals surface area contributed by atoms with Gasteiger partial charge in [0.25, 0.3) is 6.47 Å². The van der Waals surface area contributed by atoms with Crippen LogP contribution in [0.15, 0.2) is 42.5 Å². The SMILES string of the molecule is Cc1cc(NCOc2ccccc2C)ccc1OC=O. The second-order valence-electron chi connectivity index (χ2n) is 4.43. The van der Waals surface area contributed by atoms with E-state index in [1.165, 1.54) is 0 Å². The van der Waals surface area contributed by atoms with Crippen molar-refractivity contribution in [3.63, 3.8) is 0 Å². The summed E-state index contributed by atoms with van der Waals surface area (Å²) in [5, 5.41) is 3.16. The van der Waals surface area contributed by atoms with Crippen molar-refractivity contribution < 1.29 is 14.3 Å². The van der Waals surface area contributed by atoms with Gasteiger partial charge in [-0.05, 0) is 49.2 Å². The first-order valence-corrected chi connectivity index (χ1v) is 6.34. The number of aryl methyl sites for hydroxylation is 2. The van der Waals surface area contributed by atoms with Gasteiger partial charge in [-0.1, -0.05) is 18.2 Å². The highest BCUT2D eigenvalue weighted by Gasteiger charge is 2.01. The van der Waals surface area contributed by atoms with Gasteiger partial charge >= 0.3 is 0 Å². The molecule has 0 spiro atoms. The lowest BCUT2D eigenvalue weighted by molar-refractivity contribution is -0.120. The quantitative estimate of drug-likeness (QED) is 0.647. The zero-order valence-electron chi connectivity index (χ0n) is 11.6. The standard InChI is InChI=1S/C16H17NO3/c1-12-5-3-4-6-15(12)19-10-17-14-7-8-16(20-11-18)13(2)9-14/h3-9,11,17H,10H2,1-2H3. The Morgan fingerprint density at radius 2 is 1.85 bits per heavy atom. The molecule has 2 aromatic carbocycles. The molecule has 4 nitrogen and oxygen atoms in total. The number of nitrogens with one attached hydrogen (secondary N) is 1. The molecule has 0 radical (unpaired) electrons. The third-order valence-electron chi connectivity index (χ3n) is 2.95. The van der Waals surface area contributed by atoms with Crippen molar-refractivity contribution in [2.75, 3.05) is 12.0 Å². The minimum absolute atomic E-state index is 0.373. The fourth-order valence-corrected chi connectivity index (χ4v) is 1.86. The Bertz CT molecular complexity index is 596. The van der Waals surface area contributed by atoms with E-state index in [1.54, 1.807) is 6.07 Å². The summed E-state index contributed by atoms with van der Waals surface area (Å²) in [5.41, 5.74) is 2.90. The van der Waals surface area contributed by atoms with Gasteiger partial charge in [0.15, 0.2) is 6.73 Å². The lowest BCUT2D eigenvalue weighted by Gasteiger charge is -2.12. The maximum atomic E-state index is 10.3. The van der Waals surface area contributed by atoms with E-state index < -0.39 is 0 Å². The molecule has 0 aliphatic carbocycles. The number of para-hydroxylation sites is 1. The van der Waals surface area contributed by atoms with Crippen LogP contribution in [0, 0.1) is 13.8 Å². The molecule has 0 fully saturated rings. The predicted molar refractivity (Wildman–Crippen MR) is 78.2 cm³/mol. The Balaban J connectivity index is 1.93. The zero-order chi connectivity index (χ0) is 14.4. The van der Waals surface area contributed by atoms with Gasteiger partial charge in [-0.2, -0.15) is 0 Å². The van der Waals surface area contributed by atoms with Crippen molar-refractivity contribution in [1.29, 1.82) is 0 Å². The van der Waals surface area contributed by atoms with Gasteiger partial charge in [0.1, 0.15) is 11.5 Å². The van der Waals surface area contributed by atoms with Crippen LogP contribution in [0.2, 0.25) is 0 Å². The number of ether oxygens (including phenoxy) is 2. The number of rotatable bonds is 6. The number of hydrogen-bond acceptors (Lipinski definition) is 4. The first-order chi connectivity index (χ1) is 9.70. The molecular formula is C16H17NO3. The highest BCUT2D eigenvalue weighted by molar-refractivity contribution is 5.54. The third kappa shape index (κ3) is 3.51. The van der Waals surface area contributed by atoms with E-state index in [2.05, 4.69) is 5.32 Å². The summed E-state index contributed by atoms with van der Waals surface area (Å²) >= 11 is 0. The Kier molecular flexibility index (Phi) is 4.60. The summed E-state index contributed by atoms with van der Waals surface area (Å²) in [7, 11) is 0. The van der Waals surface area contributed by atoms with Crippen LogP contribution in [0.4, 0.5) is 5.69 Å². The Morgan fingerprint density at radius 1 is 1.05 bits per heavy atom. The molecule has 0 aromatic heterocycles. The van der Waals surface area contributed by atoms with E-state index in [4.69, 9.17) is 9.47 Å². The minimum Gasteiger partial charge on any atom is -0.473 e. The molecule has 0 amide bonds. The maximum Gasteiger partial charge on any atom is 0.298 e. The summed E-state index contributed by atoms with van der Waals surface area (Å²) in [5.74, 6) is 1.42. The summed E-state index contributed by atoms with van der Waals surface area (Å²) < 4.78 is 10.5. The van der Waals surface area contributed by atoms with Crippen LogP contribution in [0.1, 0.15) is 11.1 Å². The molecule has 0 saturated carbocycles. The third-order valence-corrected chi connectivity index (χ3v) is 2.95. The Morgan fingerprint density at radius 3 is 2.55 bits per heavy atom. The van der Waals surface area contributed by atoms with Crippen LogP contribution < -0.4 is 14.8 Å². The molecular weight excluding hydrogens is 254 g/mol. The molecule has 2 aromatic rings. The predicted octanol–water partition coefficient (Wildman–Crippen LogP) is 3.29. The maximum absolute atomic E-state index is 10.3. The van der Waals surface area contributed by atoms with Crippen molar-refractivity contribution in [3.05, 3.63) is 53.6 Å². The average Bonchev–Trinajstić information content (AvgIpc) is 2.44. The van der Waals surface area contributed by atoms with Gasteiger partial charge < -0.3 is 14.8 Å². The number of carbonyl (C=O) groups is 1. The van der Waals surface area contributed by atoms with Crippen LogP contribution in [0.5, 0.6) is 11.5 Å². The number of anilines is 1. The van der Waals surface area contributed by atoms with Crippen molar-refractivity contribution >= 4 is 12.2 Å². The summed E-state index contributed by atoms with van der Waals surface area (Å²) in [6.45, 7) is 4.69. The summed E-state index contributed by atoms with van der Waals surface area (Å²) in [6.07, 6.45) is 0. The van der Waals surface area contributed by atoms with Crippen LogP contribution in [0.25, 0.3) is 0 Å². The molecule has 2 rings (SSSR count). The van der Waals surface area contributed by atoms with Crippen LogP contribution in [-0.2, 0) is 4.79 Å². The molecule has 20 heavy (non-hydrogen) atoms. The molecule has 4 heteroatoms. The average molecular weight is 271 g/mol. The number of hydrogen-bond donors (Lipinski definition) is 1. The van der Waals surface area contributed by atoms with Crippen LogP contribution in [-0.4, -0.2) is 13.2 Å². The molecule has 0 saturated heterocycles. The Hall–Kier alpha value is -2.49. The van der Waals surface area contributed by atoms with Crippen molar-refractivity contribution in [2.24, 2.45) is 0 Å². The van der Waals surface area contributed by atoms with E-state index in [9.17, 15) is 4.79 Å². The van der Waals surface area contributed by atoms with Crippen molar-refractivity contribution in [2.45, 2.75) is 13.8 Å². The van der Waals surface area contributed by atoms with Crippen molar-refractivity contribution in [1.82, 2.24) is 0 Å². The van der Waals surface area contributed by atoms with Gasteiger partial charge in [0, 0.05) is 5.69 Å². The highest BCUT2D eigenvalue weighted by atomic mass is 16.5. The van der Waals surface area contributed by atoms with Crippen LogP contribution >= 0.6 is 0 Å². The fraction of sp³-hybridized carbons (Fsp3) is 0.188. The second-order valence-corrected chi connectivity index (χ2v) is 4.43. The largest absolute Gasteiger partial charge is 0.473 e. The van der Waals surface area contributed by atoms with Crippen LogP contribution in [0.3, 0.4) is 0 Å². The molecule has 0 aliphatic heterocycles. The smallest absolute Gasteiger partial charge is 0.298 e. The first kappa shape index (κ1) is 13.9. The van der Waals surface area contributed by atoms with Gasteiger partial charge in [-0.25, -0.2) is 0 Å². The molecule has 0 aliphatic rings. The monoisotopic (exact) mass is 271 g/mol. The lowest BCUT2D eigenvalue weighted by Crippen LogP contribution is -2.09. The van der Waals surface area contributed by atoms with E-state index in [0.29, 0.717) is 19.0 Å². The molecule has 0 heterocycles. The van der Waals surface area contributed by atoms with E-state index in [0.717, 1.165) is 22.6 Å². The summed E-state index contributed by atoms with van der Waals surface area (Å²) in [6, 6.07) is 13.4. The van der Waals surface area contributed by atoms with Crippen molar-refractivity contribution in [3.8, 4) is 11.5 Å². The van der Waals surface area contributed by atoms with E-state index in [1.807, 2.05) is 50.2 Å². The van der Waals surface area contributed by atoms with E-state index in [-0.39, 0.29) is 0 Å².